The Morgan fingerprint density at radius 2 is 1.97 bits per heavy atom. The zero-order valence-corrected chi connectivity index (χ0v) is 17.0. The highest BCUT2D eigenvalue weighted by Crippen LogP contribution is 2.30. The van der Waals surface area contributed by atoms with Gasteiger partial charge in [-0.05, 0) is 41.5 Å². The van der Waals surface area contributed by atoms with Crippen molar-refractivity contribution in [2.45, 2.75) is 6.61 Å². The van der Waals surface area contributed by atoms with E-state index < -0.39 is 5.97 Å². The zero-order valence-electron chi connectivity index (χ0n) is 17.0. The van der Waals surface area contributed by atoms with Crippen molar-refractivity contribution < 1.29 is 28.9 Å². The average Bonchev–Trinajstić information content (AvgIpc) is 2.81. The minimum absolute atomic E-state index is 0.0307. The first-order chi connectivity index (χ1) is 15.0. The van der Waals surface area contributed by atoms with Crippen LogP contribution in [0.4, 0.5) is 0 Å². The summed E-state index contributed by atoms with van der Waals surface area (Å²) in [5.74, 6) is -0.448. The van der Waals surface area contributed by atoms with E-state index in [9.17, 15) is 14.9 Å². The summed E-state index contributed by atoms with van der Waals surface area (Å²) < 4.78 is 16.4. The molecular weight excluding hydrogens is 400 g/mol. The number of carbonyl (C=O) groups excluding carboxylic acids is 1. The molecule has 1 N–H and O–H groups in total. The summed E-state index contributed by atoms with van der Waals surface area (Å²) in [5.41, 5.74) is 1.54. The van der Waals surface area contributed by atoms with Crippen LogP contribution in [0.25, 0.3) is 6.08 Å². The van der Waals surface area contributed by atoms with Gasteiger partial charge >= 0.3 is 5.97 Å². The summed E-state index contributed by atoms with van der Waals surface area (Å²) in [6.45, 7) is 1.99. The first-order valence-electron chi connectivity index (χ1n) is 9.63. The molecule has 0 aromatic heterocycles. The molecule has 0 saturated carbocycles. The molecule has 0 unspecified atom stereocenters. The summed E-state index contributed by atoms with van der Waals surface area (Å²) >= 11 is 0. The van der Waals surface area contributed by atoms with E-state index in [-0.39, 0.29) is 23.7 Å². The molecule has 0 bridgehead atoms. The number of nitrogens with zero attached hydrogens (tertiary/aromatic N) is 2. The largest absolute Gasteiger partial charge is 0.493 e. The van der Waals surface area contributed by atoms with Gasteiger partial charge in [0.05, 0.1) is 25.9 Å². The molecule has 0 aliphatic carbocycles. The number of methoxy groups -OCH3 is 1. The summed E-state index contributed by atoms with van der Waals surface area (Å²) in [5, 5.41) is 18.5. The Bertz CT molecular complexity index is 1030. The normalized spacial score (nSPS) is 13.9. The SMILES string of the molecule is COc1cc(C=C(C#N)C(=O)N2CCOCC2)ccc1OCc1cccc(C(=O)O)c1. The van der Waals surface area contributed by atoms with Crippen molar-refractivity contribution >= 4 is 18.0 Å². The van der Waals surface area contributed by atoms with Crippen molar-refractivity contribution in [3.8, 4) is 17.6 Å². The summed E-state index contributed by atoms with van der Waals surface area (Å²) in [7, 11) is 1.49. The smallest absolute Gasteiger partial charge is 0.335 e. The van der Waals surface area contributed by atoms with Crippen LogP contribution in [0.1, 0.15) is 21.5 Å². The number of aromatic carboxylic acids is 1. The van der Waals surface area contributed by atoms with Crippen LogP contribution in [0.3, 0.4) is 0 Å². The molecule has 0 radical (unpaired) electrons. The fraction of sp³-hybridized carbons (Fsp3) is 0.261. The number of carboxylic acids is 1. The first kappa shape index (κ1) is 21.9. The second-order valence-electron chi connectivity index (χ2n) is 6.78. The number of nitriles is 1. The van der Waals surface area contributed by atoms with E-state index in [0.717, 1.165) is 0 Å². The molecule has 1 aliphatic heterocycles. The van der Waals surface area contributed by atoms with Crippen LogP contribution in [0.15, 0.2) is 48.0 Å². The Hall–Kier alpha value is -3.83. The monoisotopic (exact) mass is 422 g/mol. The van der Waals surface area contributed by atoms with Gasteiger partial charge in [0.2, 0.25) is 0 Å². The van der Waals surface area contributed by atoms with Crippen molar-refractivity contribution in [2.75, 3.05) is 33.4 Å². The molecule has 31 heavy (non-hydrogen) atoms. The number of hydrogen-bond donors (Lipinski definition) is 1. The first-order valence-corrected chi connectivity index (χ1v) is 9.63. The molecule has 1 aliphatic rings. The van der Waals surface area contributed by atoms with Crippen molar-refractivity contribution in [1.82, 2.24) is 4.90 Å². The van der Waals surface area contributed by atoms with Crippen LogP contribution >= 0.6 is 0 Å². The molecule has 160 valence electrons. The second-order valence-corrected chi connectivity index (χ2v) is 6.78. The van der Waals surface area contributed by atoms with Crippen LogP contribution in [-0.2, 0) is 16.1 Å². The molecule has 3 rings (SSSR count). The van der Waals surface area contributed by atoms with E-state index in [1.54, 1.807) is 41.3 Å². The quantitative estimate of drug-likeness (QED) is 0.540. The minimum atomic E-state index is -1.00. The zero-order chi connectivity index (χ0) is 22.2. The predicted molar refractivity (Wildman–Crippen MR) is 112 cm³/mol. The molecule has 1 amide bonds. The van der Waals surface area contributed by atoms with Crippen molar-refractivity contribution in [3.05, 3.63) is 64.7 Å². The number of carboxylic acid groups (broad SMARTS) is 1. The van der Waals surface area contributed by atoms with E-state index in [4.69, 9.17) is 19.3 Å². The van der Waals surface area contributed by atoms with Gasteiger partial charge in [0.15, 0.2) is 11.5 Å². The summed E-state index contributed by atoms with van der Waals surface area (Å²) in [6.07, 6.45) is 1.51. The van der Waals surface area contributed by atoms with E-state index in [1.807, 2.05) is 6.07 Å². The van der Waals surface area contributed by atoms with Crippen LogP contribution in [0, 0.1) is 11.3 Å². The van der Waals surface area contributed by atoms with E-state index in [1.165, 1.54) is 19.3 Å². The number of ether oxygens (including phenoxy) is 3. The van der Waals surface area contributed by atoms with E-state index in [0.29, 0.717) is 48.9 Å². The Labute approximate surface area is 179 Å². The van der Waals surface area contributed by atoms with E-state index in [2.05, 4.69) is 0 Å². The molecule has 2 aromatic rings. The van der Waals surface area contributed by atoms with Gasteiger partial charge in [-0.2, -0.15) is 5.26 Å². The van der Waals surface area contributed by atoms with Gasteiger partial charge in [-0.1, -0.05) is 18.2 Å². The molecule has 1 fully saturated rings. The lowest BCUT2D eigenvalue weighted by atomic mass is 10.1. The molecule has 0 atom stereocenters. The molecule has 8 nitrogen and oxygen atoms in total. The topological polar surface area (TPSA) is 109 Å². The van der Waals surface area contributed by atoms with Gasteiger partial charge in [-0.3, -0.25) is 4.79 Å². The average molecular weight is 422 g/mol. The lowest BCUT2D eigenvalue weighted by Crippen LogP contribution is -2.41. The van der Waals surface area contributed by atoms with Crippen LogP contribution < -0.4 is 9.47 Å². The van der Waals surface area contributed by atoms with Gasteiger partial charge in [0.25, 0.3) is 5.91 Å². The highest BCUT2D eigenvalue weighted by atomic mass is 16.5. The number of benzene rings is 2. The molecule has 1 heterocycles. The third-order valence-corrected chi connectivity index (χ3v) is 4.72. The Morgan fingerprint density at radius 3 is 2.65 bits per heavy atom. The molecular formula is C23H22N2O6. The maximum atomic E-state index is 12.6. The molecule has 2 aromatic carbocycles. The van der Waals surface area contributed by atoms with Crippen LogP contribution in [-0.4, -0.2) is 55.3 Å². The number of hydrogen-bond acceptors (Lipinski definition) is 6. The maximum absolute atomic E-state index is 12.6. The Morgan fingerprint density at radius 1 is 1.19 bits per heavy atom. The van der Waals surface area contributed by atoms with Gasteiger partial charge < -0.3 is 24.2 Å². The summed E-state index contributed by atoms with van der Waals surface area (Å²) in [4.78, 5) is 25.3. The maximum Gasteiger partial charge on any atom is 0.335 e. The molecule has 0 spiro atoms. The number of carbonyl (C=O) groups is 2. The lowest BCUT2D eigenvalue weighted by Gasteiger charge is -2.26. The number of amides is 1. The van der Waals surface area contributed by atoms with Crippen LogP contribution in [0.2, 0.25) is 0 Å². The Kier molecular flexibility index (Phi) is 7.25. The third-order valence-electron chi connectivity index (χ3n) is 4.72. The lowest BCUT2D eigenvalue weighted by molar-refractivity contribution is -0.130. The number of rotatable bonds is 7. The highest BCUT2D eigenvalue weighted by Gasteiger charge is 2.20. The molecule has 8 heteroatoms. The van der Waals surface area contributed by atoms with Crippen molar-refractivity contribution in [3.63, 3.8) is 0 Å². The third kappa shape index (κ3) is 5.62. The predicted octanol–water partition coefficient (Wildman–Crippen LogP) is 2.74. The standard InChI is InChI=1S/C23H22N2O6/c1-29-21-13-16(11-19(14-24)22(26)25-7-9-30-10-8-25)5-6-20(21)31-15-17-3-2-4-18(12-17)23(27)28/h2-6,11-13H,7-10,15H2,1H3,(H,27,28). The highest BCUT2D eigenvalue weighted by molar-refractivity contribution is 6.01. The summed E-state index contributed by atoms with van der Waals surface area (Å²) in [6, 6.07) is 13.5. The van der Waals surface area contributed by atoms with Crippen molar-refractivity contribution in [2.24, 2.45) is 0 Å². The van der Waals surface area contributed by atoms with Gasteiger partial charge in [0.1, 0.15) is 18.2 Å². The number of morpholine rings is 1. The van der Waals surface area contributed by atoms with E-state index >= 15 is 0 Å². The minimum Gasteiger partial charge on any atom is -0.493 e. The Balaban J connectivity index is 1.75. The fourth-order valence-corrected chi connectivity index (χ4v) is 3.09. The fourth-order valence-electron chi connectivity index (χ4n) is 3.09. The van der Waals surface area contributed by atoms with Gasteiger partial charge in [-0.25, -0.2) is 4.79 Å². The van der Waals surface area contributed by atoms with Crippen molar-refractivity contribution in [1.29, 1.82) is 5.26 Å². The van der Waals surface area contributed by atoms with Gasteiger partial charge in [0, 0.05) is 13.1 Å². The second kappa shape index (κ2) is 10.3. The van der Waals surface area contributed by atoms with Gasteiger partial charge in [-0.15, -0.1) is 0 Å². The molecule has 1 saturated heterocycles. The van der Waals surface area contributed by atoms with Crippen LogP contribution in [0.5, 0.6) is 11.5 Å².